The second-order valence-electron chi connectivity index (χ2n) is 4.07. The SMILES string of the molecule is O=CNc1ccc(C=Cc2ccccc2)c(NC=O)c1. The van der Waals surface area contributed by atoms with Gasteiger partial charge in [-0.1, -0.05) is 48.6 Å². The Labute approximate surface area is 117 Å². The van der Waals surface area contributed by atoms with Crippen molar-refractivity contribution in [3.05, 3.63) is 59.7 Å². The molecule has 0 atom stereocenters. The van der Waals surface area contributed by atoms with Crippen molar-refractivity contribution >= 4 is 36.3 Å². The Bertz CT molecular complexity index is 622. The molecule has 0 radical (unpaired) electrons. The summed E-state index contributed by atoms with van der Waals surface area (Å²) in [7, 11) is 0. The van der Waals surface area contributed by atoms with Gasteiger partial charge in [-0.05, 0) is 23.3 Å². The van der Waals surface area contributed by atoms with Crippen LogP contribution in [0, 0.1) is 0 Å². The Morgan fingerprint density at radius 2 is 1.55 bits per heavy atom. The molecular weight excluding hydrogens is 252 g/mol. The number of amides is 2. The van der Waals surface area contributed by atoms with E-state index >= 15 is 0 Å². The molecule has 0 unspecified atom stereocenters. The van der Waals surface area contributed by atoms with Crippen molar-refractivity contribution in [1.29, 1.82) is 0 Å². The van der Waals surface area contributed by atoms with Gasteiger partial charge in [-0.3, -0.25) is 9.59 Å². The lowest BCUT2D eigenvalue weighted by Gasteiger charge is -2.07. The van der Waals surface area contributed by atoms with Gasteiger partial charge in [0.15, 0.2) is 0 Å². The molecule has 4 heteroatoms. The molecule has 2 aromatic rings. The highest BCUT2D eigenvalue weighted by molar-refractivity contribution is 5.85. The van der Waals surface area contributed by atoms with Gasteiger partial charge >= 0.3 is 0 Å². The molecule has 0 spiro atoms. The molecule has 4 nitrogen and oxygen atoms in total. The second kappa shape index (κ2) is 6.89. The number of anilines is 2. The summed E-state index contributed by atoms with van der Waals surface area (Å²) in [5.74, 6) is 0. The topological polar surface area (TPSA) is 58.2 Å². The van der Waals surface area contributed by atoms with Crippen LogP contribution < -0.4 is 10.6 Å². The number of rotatable bonds is 6. The summed E-state index contributed by atoms with van der Waals surface area (Å²) >= 11 is 0. The average Bonchev–Trinajstić information content (AvgIpc) is 2.48. The van der Waals surface area contributed by atoms with Gasteiger partial charge in [-0.2, -0.15) is 0 Å². The van der Waals surface area contributed by atoms with E-state index in [1.807, 2.05) is 48.6 Å². The van der Waals surface area contributed by atoms with Crippen LogP contribution in [0.4, 0.5) is 11.4 Å². The van der Waals surface area contributed by atoms with E-state index in [1.54, 1.807) is 12.1 Å². The van der Waals surface area contributed by atoms with E-state index < -0.39 is 0 Å². The van der Waals surface area contributed by atoms with Crippen molar-refractivity contribution in [3.63, 3.8) is 0 Å². The molecular formula is C16H14N2O2. The van der Waals surface area contributed by atoms with Crippen molar-refractivity contribution in [2.45, 2.75) is 0 Å². The first-order chi connectivity index (χ1) is 9.83. The summed E-state index contributed by atoms with van der Waals surface area (Å²) in [6.07, 6.45) is 5.07. The van der Waals surface area contributed by atoms with Gasteiger partial charge in [0.2, 0.25) is 12.8 Å². The third-order valence-electron chi connectivity index (χ3n) is 2.75. The lowest BCUT2D eigenvalue weighted by atomic mass is 10.1. The van der Waals surface area contributed by atoms with Crippen LogP contribution in [0.2, 0.25) is 0 Å². The summed E-state index contributed by atoms with van der Waals surface area (Å²) in [6.45, 7) is 0. The Hall–Kier alpha value is -2.88. The minimum atomic E-state index is 0.597. The van der Waals surface area contributed by atoms with Gasteiger partial charge in [0, 0.05) is 11.4 Å². The maximum Gasteiger partial charge on any atom is 0.211 e. The third-order valence-corrected chi connectivity index (χ3v) is 2.75. The highest BCUT2D eigenvalue weighted by atomic mass is 16.1. The molecule has 2 N–H and O–H groups in total. The van der Waals surface area contributed by atoms with E-state index in [9.17, 15) is 9.59 Å². The van der Waals surface area contributed by atoms with Crippen molar-refractivity contribution < 1.29 is 9.59 Å². The summed E-state index contributed by atoms with van der Waals surface area (Å²) in [6, 6.07) is 15.2. The number of nitrogens with one attached hydrogen (secondary N) is 2. The van der Waals surface area contributed by atoms with Gasteiger partial charge in [0.05, 0.1) is 0 Å². The normalized spacial score (nSPS) is 10.2. The number of carbonyl (C=O) groups is 2. The summed E-state index contributed by atoms with van der Waals surface area (Å²) < 4.78 is 0. The zero-order valence-electron chi connectivity index (χ0n) is 10.7. The first-order valence-corrected chi connectivity index (χ1v) is 6.11. The molecule has 0 aliphatic carbocycles. The summed E-state index contributed by atoms with van der Waals surface area (Å²) in [5.41, 5.74) is 3.19. The molecule has 0 saturated carbocycles. The third kappa shape index (κ3) is 3.55. The van der Waals surface area contributed by atoms with Crippen LogP contribution in [0.15, 0.2) is 48.5 Å². The molecule has 20 heavy (non-hydrogen) atoms. The van der Waals surface area contributed by atoms with E-state index in [2.05, 4.69) is 10.6 Å². The molecule has 0 fully saturated rings. The van der Waals surface area contributed by atoms with Crippen LogP contribution in [0.25, 0.3) is 12.2 Å². The van der Waals surface area contributed by atoms with Crippen molar-refractivity contribution in [3.8, 4) is 0 Å². The fourth-order valence-electron chi connectivity index (χ4n) is 1.80. The summed E-state index contributed by atoms with van der Waals surface area (Å²) in [5, 5.41) is 5.17. The van der Waals surface area contributed by atoms with Crippen molar-refractivity contribution in [1.82, 2.24) is 0 Å². The van der Waals surface area contributed by atoms with E-state index in [4.69, 9.17) is 0 Å². The Kier molecular flexibility index (Phi) is 4.67. The minimum absolute atomic E-state index is 0.597. The molecule has 0 heterocycles. The summed E-state index contributed by atoms with van der Waals surface area (Å²) in [4.78, 5) is 21.1. The molecule has 0 aromatic heterocycles. The smallest absolute Gasteiger partial charge is 0.211 e. The molecule has 2 amide bonds. The first kappa shape index (κ1) is 13.5. The van der Waals surface area contributed by atoms with Crippen LogP contribution in [-0.2, 0) is 9.59 Å². The number of hydrogen-bond donors (Lipinski definition) is 2. The predicted octanol–water partition coefficient (Wildman–Crippen LogP) is 2.99. The predicted molar refractivity (Wildman–Crippen MR) is 81.2 cm³/mol. The first-order valence-electron chi connectivity index (χ1n) is 6.11. The molecule has 0 aliphatic rings. The zero-order chi connectivity index (χ0) is 14.2. The van der Waals surface area contributed by atoms with Crippen molar-refractivity contribution in [2.75, 3.05) is 10.6 Å². The van der Waals surface area contributed by atoms with Crippen LogP contribution in [-0.4, -0.2) is 12.8 Å². The fraction of sp³-hybridized carbons (Fsp3) is 0. The second-order valence-corrected chi connectivity index (χ2v) is 4.07. The van der Waals surface area contributed by atoms with Gasteiger partial charge in [-0.15, -0.1) is 0 Å². The number of carbonyl (C=O) groups excluding carboxylic acids is 2. The monoisotopic (exact) mass is 266 g/mol. The highest BCUT2D eigenvalue weighted by Gasteiger charge is 2.00. The highest BCUT2D eigenvalue weighted by Crippen LogP contribution is 2.22. The van der Waals surface area contributed by atoms with Crippen LogP contribution in [0.3, 0.4) is 0 Å². The molecule has 2 aromatic carbocycles. The molecule has 0 saturated heterocycles. The maximum atomic E-state index is 10.6. The minimum Gasteiger partial charge on any atom is -0.329 e. The Balaban J connectivity index is 2.28. The quantitative estimate of drug-likeness (QED) is 0.623. The van der Waals surface area contributed by atoms with Crippen LogP contribution in [0.1, 0.15) is 11.1 Å². The van der Waals surface area contributed by atoms with Crippen molar-refractivity contribution in [2.24, 2.45) is 0 Å². The lowest BCUT2D eigenvalue weighted by molar-refractivity contribution is -0.106. The average molecular weight is 266 g/mol. The van der Waals surface area contributed by atoms with Gasteiger partial charge in [0.25, 0.3) is 0 Å². The Morgan fingerprint density at radius 1 is 0.800 bits per heavy atom. The van der Waals surface area contributed by atoms with Crippen LogP contribution >= 0.6 is 0 Å². The number of hydrogen-bond acceptors (Lipinski definition) is 2. The lowest BCUT2D eigenvalue weighted by Crippen LogP contribution is -1.99. The van der Waals surface area contributed by atoms with Gasteiger partial charge < -0.3 is 10.6 Å². The van der Waals surface area contributed by atoms with E-state index in [-0.39, 0.29) is 0 Å². The molecule has 0 aliphatic heterocycles. The largest absolute Gasteiger partial charge is 0.329 e. The van der Waals surface area contributed by atoms with E-state index in [0.29, 0.717) is 24.2 Å². The Morgan fingerprint density at radius 3 is 2.25 bits per heavy atom. The van der Waals surface area contributed by atoms with Crippen LogP contribution in [0.5, 0.6) is 0 Å². The molecule has 0 bridgehead atoms. The number of benzene rings is 2. The van der Waals surface area contributed by atoms with Gasteiger partial charge in [-0.25, -0.2) is 0 Å². The van der Waals surface area contributed by atoms with Gasteiger partial charge in [0.1, 0.15) is 0 Å². The maximum absolute atomic E-state index is 10.6. The van der Waals surface area contributed by atoms with E-state index in [0.717, 1.165) is 11.1 Å². The fourth-order valence-corrected chi connectivity index (χ4v) is 1.80. The molecule has 2 rings (SSSR count). The molecule has 100 valence electrons. The van der Waals surface area contributed by atoms with E-state index in [1.165, 1.54) is 0 Å². The zero-order valence-corrected chi connectivity index (χ0v) is 10.7. The standard InChI is InChI=1S/C16H14N2O2/c19-11-17-15-9-8-14(16(10-15)18-12-20)7-6-13-4-2-1-3-5-13/h1-12H,(H,17,19)(H,18,20).